The van der Waals surface area contributed by atoms with E-state index in [2.05, 4.69) is 41.7 Å². The second kappa shape index (κ2) is 4.10. The fraction of sp³-hybridized carbons (Fsp3) is 1.00. The van der Waals surface area contributed by atoms with Gasteiger partial charge in [0.1, 0.15) is 0 Å². The van der Waals surface area contributed by atoms with Crippen LogP contribution in [0.4, 0.5) is 0 Å². The molecule has 0 bridgehead atoms. The minimum absolute atomic E-state index is 0.426. The fourth-order valence-corrected chi connectivity index (χ4v) is 2.53. The summed E-state index contributed by atoms with van der Waals surface area (Å²) in [5.41, 5.74) is 0.426. The number of nitrogens with zero attached hydrogens (tertiary/aromatic N) is 1. The topological polar surface area (TPSA) is 3.24 Å². The van der Waals surface area contributed by atoms with Crippen molar-refractivity contribution in [2.24, 2.45) is 5.41 Å². The average molecular weight is 234 g/mol. The van der Waals surface area contributed by atoms with Gasteiger partial charge in [-0.2, -0.15) is 0 Å². The zero-order valence-electron chi connectivity index (χ0n) is 8.44. The summed E-state index contributed by atoms with van der Waals surface area (Å²) >= 11 is 3.61. The van der Waals surface area contributed by atoms with Crippen LogP contribution in [-0.4, -0.2) is 29.9 Å². The van der Waals surface area contributed by atoms with Crippen molar-refractivity contribution in [2.75, 3.05) is 18.9 Å². The summed E-state index contributed by atoms with van der Waals surface area (Å²) in [6.07, 6.45) is 4.16. The standard InChI is InChI=1S/C10H20BrN/c1-10(2,8-11)9-6-4-5-7-12(9)3/h9H,4-8H2,1-3H3. The first-order valence-electron chi connectivity index (χ1n) is 4.84. The molecule has 0 radical (unpaired) electrons. The number of rotatable bonds is 2. The third-order valence-corrected chi connectivity index (χ3v) is 4.46. The zero-order chi connectivity index (χ0) is 9.19. The minimum atomic E-state index is 0.426. The summed E-state index contributed by atoms with van der Waals surface area (Å²) in [6.45, 7) is 5.99. The Kier molecular flexibility index (Phi) is 3.59. The second-order valence-electron chi connectivity index (χ2n) is 4.61. The SMILES string of the molecule is CN1CCCCC1C(C)(C)CBr. The van der Waals surface area contributed by atoms with Crippen molar-refractivity contribution in [1.29, 1.82) is 0 Å². The highest BCUT2D eigenvalue weighted by atomic mass is 79.9. The van der Waals surface area contributed by atoms with Crippen molar-refractivity contribution in [3.63, 3.8) is 0 Å². The van der Waals surface area contributed by atoms with Crippen LogP contribution in [0.3, 0.4) is 0 Å². The lowest BCUT2D eigenvalue weighted by atomic mass is 9.81. The maximum atomic E-state index is 3.61. The number of halogens is 1. The van der Waals surface area contributed by atoms with Gasteiger partial charge in [0.25, 0.3) is 0 Å². The van der Waals surface area contributed by atoms with E-state index in [1.54, 1.807) is 0 Å². The van der Waals surface area contributed by atoms with Gasteiger partial charge < -0.3 is 4.90 Å². The van der Waals surface area contributed by atoms with E-state index in [0.717, 1.165) is 11.4 Å². The number of piperidine rings is 1. The van der Waals surface area contributed by atoms with E-state index in [4.69, 9.17) is 0 Å². The first kappa shape index (κ1) is 10.5. The van der Waals surface area contributed by atoms with Crippen LogP contribution in [0.1, 0.15) is 33.1 Å². The Balaban J connectivity index is 2.58. The summed E-state index contributed by atoms with van der Waals surface area (Å²) in [5, 5.41) is 1.11. The van der Waals surface area contributed by atoms with Gasteiger partial charge in [-0.1, -0.05) is 36.2 Å². The molecule has 1 saturated heterocycles. The molecule has 1 fully saturated rings. The van der Waals surface area contributed by atoms with Crippen molar-refractivity contribution >= 4 is 15.9 Å². The first-order valence-corrected chi connectivity index (χ1v) is 5.96. The van der Waals surface area contributed by atoms with Gasteiger partial charge in [-0.15, -0.1) is 0 Å². The van der Waals surface area contributed by atoms with Crippen molar-refractivity contribution in [3.8, 4) is 0 Å². The Bertz CT molecular complexity index is 145. The third kappa shape index (κ3) is 2.23. The third-order valence-electron chi connectivity index (χ3n) is 3.02. The maximum absolute atomic E-state index is 3.61. The van der Waals surface area contributed by atoms with E-state index >= 15 is 0 Å². The maximum Gasteiger partial charge on any atom is 0.0151 e. The molecule has 12 heavy (non-hydrogen) atoms. The van der Waals surface area contributed by atoms with Crippen LogP contribution in [0.25, 0.3) is 0 Å². The van der Waals surface area contributed by atoms with E-state index in [1.165, 1.54) is 25.8 Å². The molecule has 2 heteroatoms. The summed E-state index contributed by atoms with van der Waals surface area (Å²) in [5.74, 6) is 0. The molecule has 1 rings (SSSR count). The monoisotopic (exact) mass is 233 g/mol. The molecule has 0 aliphatic carbocycles. The van der Waals surface area contributed by atoms with Crippen molar-refractivity contribution in [1.82, 2.24) is 4.90 Å². The molecular formula is C10H20BrN. The molecule has 1 heterocycles. The number of alkyl halides is 1. The quantitative estimate of drug-likeness (QED) is 0.664. The molecule has 1 unspecified atom stereocenters. The molecule has 1 aliphatic rings. The van der Waals surface area contributed by atoms with Gasteiger partial charge in [-0.05, 0) is 31.8 Å². The minimum Gasteiger partial charge on any atom is -0.303 e. The van der Waals surface area contributed by atoms with Gasteiger partial charge >= 0.3 is 0 Å². The molecule has 0 aromatic heterocycles. The van der Waals surface area contributed by atoms with Crippen LogP contribution in [0.15, 0.2) is 0 Å². The lowest BCUT2D eigenvalue weighted by Crippen LogP contribution is -2.46. The Hall–Kier alpha value is 0.440. The molecule has 1 nitrogen and oxygen atoms in total. The van der Waals surface area contributed by atoms with E-state index in [0.29, 0.717) is 5.41 Å². The van der Waals surface area contributed by atoms with E-state index in [-0.39, 0.29) is 0 Å². The first-order chi connectivity index (χ1) is 5.58. The van der Waals surface area contributed by atoms with Crippen molar-refractivity contribution in [3.05, 3.63) is 0 Å². The summed E-state index contributed by atoms with van der Waals surface area (Å²) in [7, 11) is 2.26. The van der Waals surface area contributed by atoms with Crippen LogP contribution < -0.4 is 0 Å². The summed E-state index contributed by atoms with van der Waals surface area (Å²) in [4.78, 5) is 2.52. The van der Waals surface area contributed by atoms with E-state index in [1.807, 2.05) is 0 Å². The predicted molar refractivity (Wildman–Crippen MR) is 57.8 cm³/mol. The summed E-state index contributed by atoms with van der Waals surface area (Å²) < 4.78 is 0. The summed E-state index contributed by atoms with van der Waals surface area (Å²) in [6, 6.07) is 0.769. The number of likely N-dealkylation sites (tertiary alicyclic amines) is 1. The molecule has 0 spiro atoms. The van der Waals surface area contributed by atoms with Crippen molar-refractivity contribution < 1.29 is 0 Å². The number of hydrogen-bond donors (Lipinski definition) is 0. The van der Waals surface area contributed by atoms with Gasteiger partial charge in [0.15, 0.2) is 0 Å². The molecule has 0 aromatic rings. The van der Waals surface area contributed by atoms with Crippen LogP contribution in [0.2, 0.25) is 0 Å². The Morgan fingerprint density at radius 1 is 1.42 bits per heavy atom. The molecule has 1 aliphatic heterocycles. The predicted octanol–water partition coefficient (Wildman–Crippen LogP) is 2.89. The van der Waals surface area contributed by atoms with Gasteiger partial charge in [0.05, 0.1) is 0 Å². The normalized spacial score (nSPS) is 27.5. The highest BCUT2D eigenvalue weighted by molar-refractivity contribution is 9.09. The van der Waals surface area contributed by atoms with Crippen LogP contribution in [-0.2, 0) is 0 Å². The lowest BCUT2D eigenvalue weighted by molar-refractivity contribution is 0.0920. The van der Waals surface area contributed by atoms with Gasteiger partial charge in [0.2, 0.25) is 0 Å². The van der Waals surface area contributed by atoms with Crippen LogP contribution in [0, 0.1) is 5.41 Å². The molecule has 0 amide bonds. The zero-order valence-corrected chi connectivity index (χ0v) is 10.0. The van der Waals surface area contributed by atoms with Gasteiger partial charge in [-0.25, -0.2) is 0 Å². The Morgan fingerprint density at radius 2 is 2.08 bits per heavy atom. The molecule has 72 valence electrons. The fourth-order valence-electron chi connectivity index (χ4n) is 2.15. The molecule has 0 N–H and O–H groups in total. The van der Waals surface area contributed by atoms with Crippen LogP contribution in [0.5, 0.6) is 0 Å². The smallest absolute Gasteiger partial charge is 0.0151 e. The lowest BCUT2D eigenvalue weighted by Gasteiger charge is -2.42. The van der Waals surface area contributed by atoms with E-state index in [9.17, 15) is 0 Å². The van der Waals surface area contributed by atoms with Gasteiger partial charge in [0, 0.05) is 11.4 Å². The van der Waals surface area contributed by atoms with E-state index < -0.39 is 0 Å². The van der Waals surface area contributed by atoms with Crippen molar-refractivity contribution in [2.45, 2.75) is 39.2 Å². The average Bonchev–Trinajstić information content (AvgIpc) is 2.05. The number of hydrogen-bond acceptors (Lipinski definition) is 1. The molecule has 0 saturated carbocycles. The largest absolute Gasteiger partial charge is 0.303 e. The Morgan fingerprint density at radius 3 is 2.58 bits per heavy atom. The second-order valence-corrected chi connectivity index (χ2v) is 5.18. The molecule has 0 aromatic carbocycles. The molecule has 1 atom stereocenters. The Labute approximate surface area is 84.6 Å². The van der Waals surface area contributed by atoms with Gasteiger partial charge in [-0.3, -0.25) is 0 Å². The highest BCUT2D eigenvalue weighted by Crippen LogP contribution is 2.32. The highest BCUT2D eigenvalue weighted by Gasteiger charge is 2.32. The molecular weight excluding hydrogens is 214 g/mol. The van der Waals surface area contributed by atoms with Crippen LogP contribution >= 0.6 is 15.9 Å².